The standard InChI is InChI=1S/C16H24FNO/c1-5-11-18(6-2)12-16(4,17)15(19)14-9-7-13(3)8-10-14/h7-10H,5-6,11-12H2,1-4H3. The van der Waals surface area contributed by atoms with Gasteiger partial charge in [0.2, 0.25) is 5.78 Å². The van der Waals surface area contributed by atoms with Crippen molar-refractivity contribution >= 4 is 5.78 Å². The predicted octanol–water partition coefficient (Wildman–Crippen LogP) is 3.64. The van der Waals surface area contributed by atoms with Crippen LogP contribution in [0.5, 0.6) is 0 Å². The number of hydrogen-bond acceptors (Lipinski definition) is 2. The number of nitrogens with zero attached hydrogens (tertiary/aromatic N) is 1. The van der Waals surface area contributed by atoms with Crippen LogP contribution in [0.2, 0.25) is 0 Å². The number of halogens is 1. The summed E-state index contributed by atoms with van der Waals surface area (Å²) >= 11 is 0. The molecule has 0 bridgehead atoms. The van der Waals surface area contributed by atoms with Gasteiger partial charge in [-0.1, -0.05) is 43.7 Å². The Morgan fingerprint density at radius 2 is 1.84 bits per heavy atom. The Kier molecular flexibility index (Phi) is 5.67. The predicted molar refractivity (Wildman–Crippen MR) is 77.4 cm³/mol. The second-order valence-corrected chi connectivity index (χ2v) is 5.26. The molecule has 0 aromatic heterocycles. The molecule has 0 fully saturated rings. The summed E-state index contributed by atoms with van der Waals surface area (Å²) in [6.07, 6.45) is 0.961. The van der Waals surface area contributed by atoms with Gasteiger partial charge < -0.3 is 0 Å². The Morgan fingerprint density at radius 3 is 2.32 bits per heavy atom. The van der Waals surface area contributed by atoms with Crippen LogP contribution in [0.15, 0.2) is 24.3 Å². The maximum Gasteiger partial charge on any atom is 0.201 e. The van der Waals surface area contributed by atoms with Crippen LogP contribution in [0.3, 0.4) is 0 Å². The van der Waals surface area contributed by atoms with Gasteiger partial charge in [-0.15, -0.1) is 0 Å². The molecule has 0 amide bonds. The summed E-state index contributed by atoms with van der Waals surface area (Å²) in [5.74, 6) is -0.429. The molecule has 1 unspecified atom stereocenters. The van der Waals surface area contributed by atoms with Gasteiger partial charge in [0.25, 0.3) is 0 Å². The van der Waals surface area contributed by atoms with Crippen molar-refractivity contribution in [3.8, 4) is 0 Å². The van der Waals surface area contributed by atoms with Crippen molar-refractivity contribution in [2.24, 2.45) is 0 Å². The van der Waals surface area contributed by atoms with E-state index in [4.69, 9.17) is 0 Å². The zero-order chi connectivity index (χ0) is 14.5. The van der Waals surface area contributed by atoms with Gasteiger partial charge in [0.05, 0.1) is 0 Å². The lowest BCUT2D eigenvalue weighted by atomic mass is 9.95. The van der Waals surface area contributed by atoms with Gasteiger partial charge in [-0.2, -0.15) is 0 Å². The number of aryl methyl sites for hydroxylation is 1. The molecule has 0 saturated carbocycles. The van der Waals surface area contributed by atoms with Gasteiger partial charge in [0.15, 0.2) is 5.67 Å². The Hall–Kier alpha value is -1.22. The molecule has 106 valence electrons. The second-order valence-electron chi connectivity index (χ2n) is 5.26. The number of benzene rings is 1. The highest BCUT2D eigenvalue weighted by atomic mass is 19.1. The van der Waals surface area contributed by atoms with Crippen LogP contribution in [0.1, 0.15) is 43.1 Å². The molecule has 0 heterocycles. The first kappa shape index (κ1) is 15.8. The Bertz CT molecular complexity index is 411. The summed E-state index contributed by atoms with van der Waals surface area (Å²) in [7, 11) is 0. The minimum atomic E-state index is -1.83. The minimum absolute atomic E-state index is 0.157. The van der Waals surface area contributed by atoms with E-state index >= 15 is 0 Å². The number of alkyl halides is 1. The quantitative estimate of drug-likeness (QED) is 0.702. The third kappa shape index (κ3) is 4.43. The highest BCUT2D eigenvalue weighted by Gasteiger charge is 2.35. The molecule has 1 aromatic carbocycles. The average Bonchev–Trinajstić information content (AvgIpc) is 2.38. The maximum absolute atomic E-state index is 14.6. The van der Waals surface area contributed by atoms with Crippen molar-refractivity contribution in [2.75, 3.05) is 19.6 Å². The van der Waals surface area contributed by atoms with E-state index in [-0.39, 0.29) is 6.54 Å². The van der Waals surface area contributed by atoms with Crippen molar-refractivity contribution in [3.63, 3.8) is 0 Å². The normalized spacial score (nSPS) is 14.4. The zero-order valence-corrected chi connectivity index (χ0v) is 12.4. The van der Waals surface area contributed by atoms with Crippen LogP contribution in [0, 0.1) is 6.92 Å². The van der Waals surface area contributed by atoms with E-state index in [0.29, 0.717) is 5.56 Å². The van der Waals surface area contributed by atoms with Crippen molar-refractivity contribution in [1.29, 1.82) is 0 Å². The molecule has 0 saturated heterocycles. The first-order chi connectivity index (χ1) is 8.90. The molecule has 0 aliphatic carbocycles. The SMILES string of the molecule is CCCN(CC)CC(C)(F)C(=O)c1ccc(C)cc1. The highest BCUT2D eigenvalue weighted by Crippen LogP contribution is 2.20. The number of ketones is 1. The summed E-state index contributed by atoms with van der Waals surface area (Å²) in [4.78, 5) is 14.2. The molecule has 0 spiro atoms. The van der Waals surface area contributed by atoms with E-state index in [2.05, 4.69) is 6.92 Å². The molecule has 1 aromatic rings. The van der Waals surface area contributed by atoms with Gasteiger partial charge >= 0.3 is 0 Å². The lowest BCUT2D eigenvalue weighted by molar-refractivity contribution is 0.0610. The fourth-order valence-corrected chi connectivity index (χ4v) is 2.16. The molecule has 0 N–H and O–H groups in total. The summed E-state index contributed by atoms with van der Waals surface area (Å²) in [5.41, 5.74) is -0.318. The van der Waals surface area contributed by atoms with Crippen molar-refractivity contribution < 1.29 is 9.18 Å². The van der Waals surface area contributed by atoms with Crippen LogP contribution in [0.25, 0.3) is 0 Å². The topological polar surface area (TPSA) is 20.3 Å². The smallest absolute Gasteiger partial charge is 0.201 e. The fourth-order valence-electron chi connectivity index (χ4n) is 2.16. The lowest BCUT2D eigenvalue weighted by Gasteiger charge is -2.27. The first-order valence-electron chi connectivity index (χ1n) is 6.93. The monoisotopic (exact) mass is 265 g/mol. The highest BCUT2D eigenvalue weighted by molar-refractivity contribution is 6.02. The molecule has 3 heteroatoms. The van der Waals surface area contributed by atoms with E-state index < -0.39 is 11.5 Å². The lowest BCUT2D eigenvalue weighted by Crippen LogP contribution is -2.43. The van der Waals surface area contributed by atoms with Gasteiger partial charge in [0, 0.05) is 12.1 Å². The molecule has 1 atom stereocenters. The number of carbonyl (C=O) groups excluding carboxylic acids is 1. The van der Waals surface area contributed by atoms with Gasteiger partial charge in [-0.3, -0.25) is 9.69 Å². The Morgan fingerprint density at radius 1 is 1.26 bits per heavy atom. The Labute approximate surface area is 115 Å². The van der Waals surface area contributed by atoms with Gasteiger partial charge in [-0.25, -0.2) is 4.39 Å². The van der Waals surface area contributed by atoms with E-state index in [9.17, 15) is 9.18 Å². The number of hydrogen-bond donors (Lipinski definition) is 0. The van der Waals surface area contributed by atoms with Crippen molar-refractivity contribution in [1.82, 2.24) is 4.90 Å². The van der Waals surface area contributed by atoms with Gasteiger partial charge in [0.1, 0.15) is 0 Å². The van der Waals surface area contributed by atoms with E-state index in [1.54, 1.807) is 12.1 Å². The van der Waals surface area contributed by atoms with Gasteiger partial charge in [-0.05, 0) is 33.4 Å². The molecule has 0 radical (unpaired) electrons. The Balaban J connectivity index is 2.80. The summed E-state index contributed by atoms with van der Waals surface area (Å²) in [6, 6.07) is 7.08. The zero-order valence-electron chi connectivity index (χ0n) is 12.4. The maximum atomic E-state index is 14.6. The summed E-state index contributed by atoms with van der Waals surface area (Å²) in [6.45, 7) is 9.11. The van der Waals surface area contributed by atoms with Crippen LogP contribution in [0.4, 0.5) is 4.39 Å². The molecule has 0 aliphatic heterocycles. The first-order valence-corrected chi connectivity index (χ1v) is 6.93. The van der Waals surface area contributed by atoms with Crippen LogP contribution >= 0.6 is 0 Å². The van der Waals surface area contributed by atoms with Crippen LogP contribution in [-0.4, -0.2) is 36.0 Å². The van der Waals surface area contributed by atoms with Crippen molar-refractivity contribution in [2.45, 2.75) is 39.8 Å². The molecular weight excluding hydrogens is 241 g/mol. The summed E-state index contributed by atoms with van der Waals surface area (Å²) in [5, 5.41) is 0. The molecule has 0 aliphatic rings. The van der Waals surface area contributed by atoms with E-state index in [1.807, 2.05) is 30.9 Å². The molecule has 1 rings (SSSR count). The number of rotatable bonds is 7. The second kappa shape index (κ2) is 6.80. The third-order valence-corrected chi connectivity index (χ3v) is 3.29. The third-order valence-electron chi connectivity index (χ3n) is 3.29. The van der Waals surface area contributed by atoms with Crippen LogP contribution in [-0.2, 0) is 0 Å². The number of Topliss-reactive ketones (excluding diaryl/α,β-unsaturated/α-hetero) is 1. The molecular formula is C16H24FNO. The number of carbonyl (C=O) groups is 1. The minimum Gasteiger partial charge on any atom is -0.300 e. The van der Waals surface area contributed by atoms with Crippen LogP contribution < -0.4 is 0 Å². The van der Waals surface area contributed by atoms with E-state index in [0.717, 1.165) is 25.1 Å². The molecule has 2 nitrogen and oxygen atoms in total. The fraction of sp³-hybridized carbons (Fsp3) is 0.562. The van der Waals surface area contributed by atoms with Crippen molar-refractivity contribution in [3.05, 3.63) is 35.4 Å². The average molecular weight is 265 g/mol. The molecule has 19 heavy (non-hydrogen) atoms. The van der Waals surface area contributed by atoms with E-state index in [1.165, 1.54) is 6.92 Å². The summed E-state index contributed by atoms with van der Waals surface area (Å²) < 4.78 is 14.6. The largest absolute Gasteiger partial charge is 0.300 e.